The van der Waals surface area contributed by atoms with Crippen molar-refractivity contribution in [3.8, 4) is 22.9 Å². The van der Waals surface area contributed by atoms with E-state index >= 15 is 0 Å². The summed E-state index contributed by atoms with van der Waals surface area (Å²) < 4.78 is 25.4. The SMILES string of the molecule is OC[C@H]1O[C@@H](Oc2ccc(COc3c(Cc4ccco4)nc4c(Cc5ccccc5)nc(-c5ccccc5)cn34)cc2)[C@H](O)[C@@H](O)[C@@H]1O. The van der Waals surface area contributed by atoms with Gasteiger partial charge in [-0.3, -0.25) is 4.40 Å². The van der Waals surface area contributed by atoms with Crippen molar-refractivity contribution in [2.75, 3.05) is 6.61 Å². The number of hydrogen-bond acceptors (Lipinski definition) is 10. The Kier molecular flexibility index (Phi) is 9.19. The average molecular weight is 650 g/mol. The minimum atomic E-state index is -1.53. The highest BCUT2D eigenvalue weighted by molar-refractivity contribution is 5.63. The van der Waals surface area contributed by atoms with Crippen molar-refractivity contribution in [1.82, 2.24) is 14.4 Å². The molecule has 7 rings (SSSR count). The van der Waals surface area contributed by atoms with E-state index in [1.807, 2.05) is 83.4 Å². The summed E-state index contributed by atoms with van der Waals surface area (Å²) in [4.78, 5) is 10.1. The smallest absolute Gasteiger partial charge is 0.229 e. The molecule has 4 N–H and O–H groups in total. The molecule has 0 amide bonds. The molecule has 3 aromatic carbocycles. The van der Waals surface area contributed by atoms with Gasteiger partial charge in [0.1, 0.15) is 48.2 Å². The molecule has 1 saturated heterocycles. The van der Waals surface area contributed by atoms with Crippen molar-refractivity contribution in [2.45, 2.75) is 50.2 Å². The van der Waals surface area contributed by atoms with Gasteiger partial charge in [-0.1, -0.05) is 72.8 Å². The van der Waals surface area contributed by atoms with Crippen molar-refractivity contribution in [1.29, 1.82) is 0 Å². The van der Waals surface area contributed by atoms with Crippen LogP contribution in [0.25, 0.3) is 16.9 Å². The second kappa shape index (κ2) is 14.0. The van der Waals surface area contributed by atoms with Crippen LogP contribution in [0, 0.1) is 0 Å². The number of nitrogens with zero attached hydrogens (tertiary/aromatic N) is 3. The lowest BCUT2D eigenvalue weighted by molar-refractivity contribution is -0.277. The van der Waals surface area contributed by atoms with Crippen LogP contribution in [-0.4, -0.2) is 72.1 Å². The summed E-state index contributed by atoms with van der Waals surface area (Å²) in [6.07, 6.45) is -2.25. The first-order chi connectivity index (χ1) is 23.5. The topological polar surface area (TPSA) is 152 Å². The molecule has 11 nitrogen and oxygen atoms in total. The Morgan fingerprint density at radius 2 is 1.48 bits per heavy atom. The number of fused-ring (bicyclic) bond motifs is 1. The van der Waals surface area contributed by atoms with Gasteiger partial charge in [-0.25, -0.2) is 9.97 Å². The fourth-order valence-corrected chi connectivity index (χ4v) is 5.75. The molecule has 0 unspecified atom stereocenters. The number of rotatable bonds is 11. The van der Waals surface area contributed by atoms with E-state index < -0.39 is 37.3 Å². The summed E-state index contributed by atoms with van der Waals surface area (Å²) in [6, 6.07) is 30.9. The third-order valence-corrected chi connectivity index (χ3v) is 8.30. The zero-order chi connectivity index (χ0) is 33.0. The Balaban J connectivity index is 1.19. The molecule has 0 aliphatic carbocycles. The standard InChI is InChI=1S/C37H35N3O8/c41-21-31-32(42)33(43)34(44)37(48-31)47-26-15-13-24(14-16-26)22-46-36-29(19-27-12-7-17-45-27)39-35-28(18-23-8-3-1-4-9-23)38-30(20-40(35)36)25-10-5-2-6-11-25/h1-17,20,31-34,37,41-44H,18-19,21-22H2/t31-,32-,33+,34-,37-/m1/s1. The zero-order valence-corrected chi connectivity index (χ0v) is 25.9. The van der Waals surface area contributed by atoms with Gasteiger partial charge in [0.15, 0.2) is 5.65 Å². The Hall–Kier alpha value is -5.04. The predicted octanol–water partition coefficient (Wildman–Crippen LogP) is 3.93. The van der Waals surface area contributed by atoms with Crippen molar-refractivity contribution in [3.05, 3.63) is 138 Å². The molecule has 0 bridgehead atoms. The molecule has 0 spiro atoms. The fraction of sp³-hybridized carbons (Fsp3) is 0.243. The van der Waals surface area contributed by atoms with Crippen LogP contribution in [0.5, 0.6) is 11.6 Å². The molecule has 6 aromatic rings. The average Bonchev–Trinajstić information content (AvgIpc) is 3.77. The molecule has 246 valence electrons. The largest absolute Gasteiger partial charge is 0.472 e. The molecular formula is C37H35N3O8. The van der Waals surface area contributed by atoms with Crippen LogP contribution in [0.15, 0.2) is 114 Å². The van der Waals surface area contributed by atoms with Crippen LogP contribution < -0.4 is 9.47 Å². The number of ether oxygens (including phenoxy) is 3. The molecule has 0 saturated carbocycles. The second-order valence-electron chi connectivity index (χ2n) is 11.7. The van der Waals surface area contributed by atoms with Crippen LogP contribution in [0.4, 0.5) is 0 Å². The Bertz CT molecular complexity index is 1930. The number of aliphatic hydroxyl groups excluding tert-OH is 4. The van der Waals surface area contributed by atoms with Gasteiger partial charge < -0.3 is 39.1 Å². The monoisotopic (exact) mass is 649 g/mol. The second-order valence-corrected chi connectivity index (χ2v) is 11.7. The van der Waals surface area contributed by atoms with Gasteiger partial charge in [0.25, 0.3) is 0 Å². The lowest BCUT2D eigenvalue weighted by atomic mass is 9.99. The molecule has 4 heterocycles. The highest BCUT2D eigenvalue weighted by Crippen LogP contribution is 2.31. The van der Waals surface area contributed by atoms with Crippen LogP contribution >= 0.6 is 0 Å². The third-order valence-electron chi connectivity index (χ3n) is 8.30. The Morgan fingerprint density at radius 3 is 2.19 bits per heavy atom. The Morgan fingerprint density at radius 1 is 0.729 bits per heavy atom. The van der Waals surface area contributed by atoms with E-state index in [9.17, 15) is 20.4 Å². The molecule has 0 radical (unpaired) electrons. The number of imidazole rings is 1. The molecular weight excluding hydrogens is 614 g/mol. The van der Waals surface area contributed by atoms with E-state index in [1.165, 1.54) is 0 Å². The van der Waals surface area contributed by atoms with Crippen molar-refractivity contribution in [3.63, 3.8) is 0 Å². The summed E-state index contributed by atoms with van der Waals surface area (Å²) in [5.41, 5.74) is 5.91. The molecule has 3 aromatic heterocycles. The lowest BCUT2D eigenvalue weighted by Gasteiger charge is -2.39. The fourth-order valence-electron chi connectivity index (χ4n) is 5.75. The summed E-state index contributed by atoms with van der Waals surface area (Å²) in [6.45, 7) is -0.334. The molecule has 1 aliphatic rings. The normalized spacial score (nSPS) is 21.0. The van der Waals surface area contributed by atoms with Gasteiger partial charge in [0.2, 0.25) is 12.2 Å². The van der Waals surface area contributed by atoms with Crippen LogP contribution in [0.2, 0.25) is 0 Å². The maximum absolute atomic E-state index is 10.3. The third kappa shape index (κ3) is 6.68. The van der Waals surface area contributed by atoms with Crippen molar-refractivity contribution in [2.24, 2.45) is 0 Å². The molecule has 11 heteroatoms. The number of furan rings is 1. The van der Waals surface area contributed by atoms with E-state index in [0.717, 1.165) is 33.8 Å². The maximum atomic E-state index is 10.3. The molecule has 5 atom stereocenters. The van der Waals surface area contributed by atoms with E-state index in [-0.39, 0.29) is 6.61 Å². The van der Waals surface area contributed by atoms with Crippen molar-refractivity contribution < 1.29 is 39.1 Å². The van der Waals surface area contributed by atoms with Crippen molar-refractivity contribution >= 4 is 5.65 Å². The van der Waals surface area contributed by atoms with Gasteiger partial charge >= 0.3 is 0 Å². The van der Waals surface area contributed by atoms with Gasteiger partial charge in [-0.05, 0) is 35.4 Å². The highest BCUT2D eigenvalue weighted by atomic mass is 16.7. The Labute approximate surface area is 276 Å². The van der Waals surface area contributed by atoms with Gasteiger partial charge in [-0.15, -0.1) is 0 Å². The number of benzene rings is 3. The van der Waals surface area contributed by atoms with E-state index in [2.05, 4.69) is 12.1 Å². The number of aromatic nitrogens is 3. The minimum Gasteiger partial charge on any atom is -0.472 e. The van der Waals surface area contributed by atoms with Crippen LogP contribution in [-0.2, 0) is 24.2 Å². The first-order valence-electron chi connectivity index (χ1n) is 15.7. The van der Waals surface area contributed by atoms with Gasteiger partial charge in [0, 0.05) is 18.2 Å². The van der Waals surface area contributed by atoms with Gasteiger partial charge in [0.05, 0.1) is 30.7 Å². The maximum Gasteiger partial charge on any atom is 0.229 e. The first-order valence-corrected chi connectivity index (χ1v) is 15.7. The predicted molar refractivity (Wildman–Crippen MR) is 174 cm³/mol. The highest BCUT2D eigenvalue weighted by Gasteiger charge is 2.44. The summed E-state index contributed by atoms with van der Waals surface area (Å²) in [7, 11) is 0. The van der Waals surface area contributed by atoms with E-state index in [0.29, 0.717) is 35.8 Å². The van der Waals surface area contributed by atoms with E-state index in [4.69, 9.17) is 28.6 Å². The number of hydrogen-bond donors (Lipinski definition) is 4. The lowest BCUT2D eigenvalue weighted by Crippen LogP contribution is -2.60. The summed E-state index contributed by atoms with van der Waals surface area (Å²) >= 11 is 0. The molecule has 48 heavy (non-hydrogen) atoms. The first kappa shape index (κ1) is 31.6. The summed E-state index contributed by atoms with van der Waals surface area (Å²) in [5.74, 6) is 1.68. The van der Waals surface area contributed by atoms with Crippen LogP contribution in [0.1, 0.15) is 28.3 Å². The van der Waals surface area contributed by atoms with Gasteiger partial charge in [-0.2, -0.15) is 0 Å². The van der Waals surface area contributed by atoms with Crippen LogP contribution in [0.3, 0.4) is 0 Å². The summed E-state index contributed by atoms with van der Waals surface area (Å²) in [5, 5.41) is 40.0. The quantitative estimate of drug-likeness (QED) is 0.163. The molecule has 1 fully saturated rings. The molecule has 1 aliphatic heterocycles. The van der Waals surface area contributed by atoms with E-state index in [1.54, 1.807) is 18.4 Å². The number of aliphatic hydroxyl groups is 4. The minimum absolute atomic E-state index is 0.205. The zero-order valence-electron chi connectivity index (χ0n) is 25.9.